The van der Waals surface area contributed by atoms with Crippen LogP contribution in [0.5, 0.6) is 0 Å². The van der Waals surface area contributed by atoms with E-state index in [1.165, 1.54) is 0 Å². The number of anilines is 1. The fraction of sp³-hybridized carbons (Fsp3) is 0.625. The zero-order valence-electron chi connectivity index (χ0n) is 12.8. The molecule has 0 bridgehead atoms. The number of ether oxygens (including phenoxy) is 1. The minimum atomic E-state index is -0.748. The Morgan fingerprint density at radius 2 is 2.33 bits per heavy atom. The third-order valence-electron chi connectivity index (χ3n) is 4.33. The molecule has 0 spiro atoms. The number of hydrogen-bond donors (Lipinski definition) is 1. The van der Waals surface area contributed by atoms with Gasteiger partial charge in [-0.2, -0.15) is 0 Å². The molecule has 1 aliphatic carbocycles. The van der Waals surface area contributed by atoms with Gasteiger partial charge in [-0.1, -0.05) is 18.9 Å². The van der Waals surface area contributed by atoms with Crippen LogP contribution in [0.3, 0.4) is 0 Å². The second-order valence-corrected chi connectivity index (χ2v) is 5.92. The third kappa shape index (κ3) is 3.73. The van der Waals surface area contributed by atoms with Crippen LogP contribution < -0.4 is 4.90 Å². The summed E-state index contributed by atoms with van der Waals surface area (Å²) in [5.74, 6) is 0.557. The summed E-state index contributed by atoms with van der Waals surface area (Å²) >= 11 is 0. The van der Waals surface area contributed by atoms with Gasteiger partial charge in [0.1, 0.15) is 12.4 Å². The maximum Gasteiger partial charge on any atom is 0.314 e. The van der Waals surface area contributed by atoms with Crippen molar-refractivity contribution in [2.45, 2.75) is 38.7 Å². The molecule has 1 saturated carbocycles. The van der Waals surface area contributed by atoms with Gasteiger partial charge in [-0.15, -0.1) is 0 Å². The maximum absolute atomic E-state index is 12.2. The van der Waals surface area contributed by atoms with Crippen LogP contribution in [0.4, 0.5) is 5.82 Å². The van der Waals surface area contributed by atoms with Gasteiger partial charge >= 0.3 is 5.97 Å². The summed E-state index contributed by atoms with van der Waals surface area (Å²) in [5, 5.41) is 10.1. The average molecular weight is 292 g/mol. The van der Waals surface area contributed by atoms with Crippen molar-refractivity contribution in [1.29, 1.82) is 0 Å². The molecule has 5 nitrogen and oxygen atoms in total. The van der Waals surface area contributed by atoms with Crippen molar-refractivity contribution in [2.75, 3.05) is 25.1 Å². The second-order valence-electron chi connectivity index (χ2n) is 5.92. The molecule has 0 saturated heterocycles. The molecule has 0 aromatic carbocycles. The van der Waals surface area contributed by atoms with Crippen molar-refractivity contribution in [3.63, 3.8) is 0 Å². The number of carbonyl (C=O) groups is 1. The number of pyridine rings is 1. The van der Waals surface area contributed by atoms with Gasteiger partial charge in [0, 0.05) is 13.2 Å². The van der Waals surface area contributed by atoms with E-state index < -0.39 is 11.5 Å². The fourth-order valence-corrected chi connectivity index (χ4v) is 2.69. The number of aromatic nitrogens is 1. The highest BCUT2D eigenvalue weighted by molar-refractivity contribution is 5.77. The highest BCUT2D eigenvalue weighted by Gasteiger charge is 2.43. The van der Waals surface area contributed by atoms with E-state index in [4.69, 9.17) is 4.74 Å². The number of hydrogen-bond acceptors (Lipinski definition) is 5. The molecule has 0 radical (unpaired) electrons. The third-order valence-corrected chi connectivity index (χ3v) is 4.33. The van der Waals surface area contributed by atoms with Crippen molar-refractivity contribution < 1.29 is 14.6 Å². The topological polar surface area (TPSA) is 62.7 Å². The summed E-state index contributed by atoms with van der Waals surface area (Å²) in [6.45, 7) is 2.69. The molecule has 0 amide bonds. The van der Waals surface area contributed by atoms with Crippen LogP contribution in [-0.2, 0) is 9.53 Å². The van der Waals surface area contributed by atoms with Gasteiger partial charge in [0.2, 0.25) is 0 Å². The monoisotopic (exact) mass is 292 g/mol. The quantitative estimate of drug-likeness (QED) is 0.841. The van der Waals surface area contributed by atoms with Crippen LogP contribution in [0, 0.1) is 5.41 Å². The van der Waals surface area contributed by atoms with Crippen LogP contribution >= 0.6 is 0 Å². The Morgan fingerprint density at radius 1 is 1.52 bits per heavy atom. The van der Waals surface area contributed by atoms with Crippen LogP contribution in [0.15, 0.2) is 24.4 Å². The van der Waals surface area contributed by atoms with Crippen molar-refractivity contribution >= 4 is 11.8 Å². The number of carbonyl (C=O) groups excluding carboxylic acids is 1. The lowest BCUT2D eigenvalue weighted by molar-refractivity contribution is -0.164. The zero-order chi connectivity index (χ0) is 15.3. The minimum absolute atomic E-state index is 0.288. The van der Waals surface area contributed by atoms with Gasteiger partial charge < -0.3 is 14.7 Å². The SMILES string of the molecule is CN(CCOC(=O)[C@@]1(C)CCCCC1O)c1ccccn1. The lowest BCUT2D eigenvalue weighted by Gasteiger charge is -2.36. The van der Waals surface area contributed by atoms with Crippen LogP contribution in [0.1, 0.15) is 32.6 Å². The molecule has 1 fully saturated rings. The molecule has 0 aliphatic heterocycles. The molecule has 1 aliphatic rings. The molecule has 1 aromatic rings. The minimum Gasteiger partial charge on any atom is -0.463 e. The summed E-state index contributed by atoms with van der Waals surface area (Å²) in [6, 6.07) is 5.70. The first-order valence-corrected chi connectivity index (χ1v) is 7.51. The number of aliphatic hydroxyl groups is 1. The average Bonchev–Trinajstić information content (AvgIpc) is 2.51. The van der Waals surface area contributed by atoms with Gasteiger partial charge in [0.15, 0.2) is 0 Å². The standard InChI is InChI=1S/C16H24N2O3/c1-16(9-5-3-7-13(16)19)15(20)21-12-11-18(2)14-8-4-6-10-17-14/h4,6,8,10,13,19H,3,5,7,9,11-12H2,1-2H3/t13?,16-/m0/s1. The summed E-state index contributed by atoms with van der Waals surface area (Å²) in [5.41, 5.74) is -0.748. The Hall–Kier alpha value is -1.62. The van der Waals surface area contributed by atoms with Crippen molar-refractivity contribution in [3.8, 4) is 0 Å². The van der Waals surface area contributed by atoms with Gasteiger partial charge in [0.05, 0.1) is 18.1 Å². The Kier molecular flexibility index (Phi) is 5.17. The van der Waals surface area contributed by atoms with E-state index >= 15 is 0 Å². The van der Waals surface area contributed by atoms with Crippen molar-refractivity contribution in [3.05, 3.63) is 24.4 Å². The van der Waals surface area contributed by atoms with Gasteiger partial charge in [0.25, 0.3) is 0 Å². The number of rotatable bonds is 5. The predicted molar refractivity (Wildman–Crippen MR) is 81.0 cm³/mol. The van der Waals surface area contributed by atoms with E-state index in [0.29, 0.717) is 26.0 Å². The lowest BCUT2D eigenvalue weighted by Crippen LogP contribution is -2.44. The fourth-order valence-electron chi connectivity index (χ4n) is 2.69. The van der Waals surface area contributed by atoms with E-state index in [2.05, 4.69) is 4.98 Å². The highest BCUT2D eigenvalue weighted by Crippen LogP contribution is 2.37. The number of esters is 1. The molecule has 1 unspecified atom stereocenters. The second kappa shape index (κ2) is 6.89. The molecule has 5 heteroatoms. The van der Waals surface area contributed by atoms with Crippen LogP contribution in [0.2, 0.25) is 0 Å². The summed E-state index contributed by atoms with van der Waals surface area (Å²) in [7, 11) is 1.91. The van der Waals surface area contributed by atoms with Crippen molar-refractivity contribution in [1.82, 2.24) is 4.98 Å². The Bertz CT molecular complexity index is 466. The summed E-state index contributed by atoms with van der Waals surface area (Å²) < 4.78 is 5.38. The molecule has 116 valence electrons. The predicted octanol–water partition coefficient (Wildman–Crippen LogP) is 2.00. The van der Waals surface area contributed by atoms with Crippen LogP contribution in [0.25, 0.3) is 0 Å². The molecule has 2 rings (SSSR count). The Labute approximate surface area is 125 Å². The largest absolute Gasteiger partial charge is 0.463 e. The Balaban J connectivity index is 1.81. The first-order chi connectivity index (χ1) is 10.0. The van der Waals surface area contributed by atoms with E-state index in [1.807, 2.05) is 37.1 Å². The summed E-state index contributed by atoms with van der Waals surface area (Å²) in [4.78, 5) is 18.4. The zero-order valence-corrected chi connectivity index (χ0v) is 12.8. The van der Waals surface area contributed by atoms with Crippen molar-refractivity contribution in [2.24, 2.45) is 5.41 Å². The maximum atomic E-state index is 12.2. The molecular weight excluding hydrogens is 268 g/mol. The molecular formula is C16H24N2O3. The van der Waals surface area contributed by atoms with E-state index in [0.717, 1.165) is 18.7 Å². The number of aliphatic hydroxyl groups excluding tert-OH is 1. The molecule has 21 heavy (non-hydrogen) atoms. The molecule has 1 N–H and O–H groups in total. The first-order valence-electron chi connectivity index (χ1n) is 7.51. The summed E-state index contributed by atoms with van der Waals surface area (Å²) in [6.07, 6.45) is 4.47. The van der Waals surface area contributed by atoms with Gasteiger partial charge in [-0.05, 0) is 31.9 Å². The van der Waals surface area contributed by atoms with E-state index in [1.54, 1.807) is 6.20 Å². The molecule has 1 aromatic heterocycles. The van der Waals surface area contributed by atoms with Crippen LogP contribution in [-0.4, -0.2) is 42.4 Å². The first kappa shape index (κ1) is 15.8. The van der Waals surface area contributed by atoms with Gasteiger partial charge in [-0.25, -0.2) is 4.98 Å². The van der Waals surface area contributed by atoms with Gasteiger partial charge in [-0.3, -0.25) is 4.79 Å². The number of nitrogens with zero attached hydrogens (tertiary/aromatic N) is 2. The molecule has 2 atom stereocenters. The highest BCUT2D eigenvalue weighted by atomic mass is 16.5. The smallest absolute Gasteiger partial charge is 0.314 e. The Morgan fingerprint density at radius 3 is 3.00 bits per heavy atom. The molecule has 1 heterocycles. The van der Waals surface area contributed by atoms with E-state index in [9.17, 15) is 9.90 Å². The lowest BCUT2D eigenvalue weighted by atomic mass is 9.73. The number of likely N-dealkylation sites (N-methyl/N-ethyl adjacent to an activating group) is 1. The normalized spacial score (nSPS) is 25.4. The van der Waals surface area contributed by atoms with E-state index in [-0.39, 0.29) is 5.97 Å².